The van der Waals surface area contributed by atoms with Crippen LogP contribution in [0.4, 0.5) is 5.95 Å². The number of hydrogen-bond acceptors (Lipinski definition) is 5. The second-order valence-electron chi connectivity index (χ2n) is 7.20. The van der Waals surface area contributed by atoms with E-state index < -0.39 is 0 Å². The van der Waals surface area contributed by atoms with Crippen LogP contribution in [0.1, 0.15) is 44.7 Å². The summed E-state index contributed by atoms with van der Waals surface area (Å²) in [5.41, 5.74) is 10.1. The lowest BCUT2D eigenvalue weighted by molar-refractivity contribution is 0.685. The highest BCUT2D eigenvalue weighted by atomic mass is 15.1. The van der Waals surface area contributed by atoms with Crippen molar-refractivity contribution in [3.63, 3.8) is 0 Å². The van der Waals surface area contributed by atoms with Gasteiger partial charge in [0.05, 0.1) is 11.2 Å². The Morgan fingerprint density at radius 3 is 2.88 bits per heavy atom. The fourth-order valence-electron chi connectivity index (χ4n) is 3.55. The maximum Gasteiger partial charge on any atom is 0.223 e. The highest BCUT2D eigenvalue weighted by Crippen LogP contribution is 2.28. The molecule has 2 atom stereocenters. The molecule has 25 heavy (non-hydrogen) atoms. The lowest BCUT2D eigenvalue weighted by atomic mass is 10.0. The minimum atomic E-state index is 0.290. The summed E-state index contributed by atoms with van der Waals surface area (Å²) in [4.78, 5) is 9.07. The molecule has 1 aliphatic carbocycles. The molecule has 1 aliphatic rings. The summed E-state index contributed by atoms with van der Waals surface area (Å²) in [6, 6.07) is 8.87. The van der Waals surface area contributed by atoms with Gasteiger partial charge in [-0.3, -0.25) is 5.10 Å². The third kappa shape index (κ3) is 3.22. The summed E-state index contributed by atoms with van der Waals surface area (Å²) in [5.74, 6) is 1.07. The number of fused-ring (bicyclic) bond motifs is 1. The standard InChI is InChI=1S/C19H24N6/c1-11(2)18-15-9-12(3-6-17(15)24-25-18)16-7-8-21-19(23-16)22-14-5-4-13(20)10-14/h3,6-9,11,13-14H,4-5,10,20H2,1-2H3,(H,24,25)(H,21,22,23)/t13-,14-/m0/s1. The average molecular weight is 336 g/mol. The Labute approximate surface area is 147 Å². The Bertz CT molecular complexity index is 885. The minimum absolute atomic E-state index is 0.290. The van der Waals surface area contributed by atoms with Gasteiger partial charge in [-0.1, -0.05) is 19.9 Å². The van der Waals surface area contributed by atoms with E-state index >= 15 is 0 Å². The fraction of sp³-hybridized carbons (Fsp3) is 0.421. The van der Waals surface area contributed by atoms with Crippen LogP contribution in [0.15, 0.2) is 30.5 Å². The Morgan fingerprint density at radius 2 is 2.12 bits per heavy atom. The molecule has 3 aromatic rings. The van der Waals surface area contributed by atoms with Crippen molar-refractivity contribution in [1.29, 1.82) is 0 Å². The molecule has 1 saturated carbocycles. The van der Waals surface area contributed by atoms with Crippen molar-refractivity contribution in [2.24, 2.45) is 5.73 Å². The van der Waals surface area contributed by atoms with E-state index in [1.807, 2.05) is 18.3 Å². The summed E-state index contributed by atoms with van der Waals surface area (Å²) in [6.07, 6.45) is 4.93. The van der Waals surface area contributed by atoms with E-state index in [1.165, 1.54) is 0 Å². The molecule has 4 N–H and O–H groups in total. The topological polar surface area (TPSA) is 92.5 Å². The van der Waals surface area contributed by atoms with E-state index in [0.717, 1.165) is 47.1 Å². The molecule has 6 nitrogen and oxygen atoms in total. The van der Waals surface area contributed by atoms with Crippen molar-refractivity contribution in [3.05, 3.63) is 36.2 Å². The fourth-order valence-corrected chi connectivity index (χ4v) is 3.55. The Kier molecular flexibility index (Phi) is 4.13. The number of nitrogens with two attached hydrogens (primary N) is 1. The van der Waals surface area contributed by atoms with Crippen LogP contribution in [0.3, 0.4) is 0 Å². The van der Waals surface area contributed by atoms with Gasteiger partial charge in [-0.05, 0) is 43.4 Å². The first kappa shape index (κ1) is 16.0. The first-order chi connectivity index (χ1) is 12.1. The average Bonchev–Trinajstić information content (AvgIpc) is 3.20. The van der Waals surface area contributed by atoms with Gasteiger partial charge in [0, 0.05) is 34.9 Å². The lowest BCUT2D eigenvalue weighted by Crippen LogP contribution is -2.21. The van der Waals surface area contributed by atoms with E-state index in [1.54, 1.807) is 0 Å². The monoisotopic (exact) mass is 336 g/mol. The molecular formula is C19H24N6. The van der Waals surface area contributed by atoms with Gasteiger partial charge in [0.15, 0.2) is 0 Å². The van der Waals surface area contributed by atoms with E-state index in [2.05, 4.69) is 46.5 Å². The van der Waals surface area contributed by atoms with E-state index in [4.69, 9.17) is 10.7 Å². The van der Waals surface area contributed by atoms with E-state index in [0.29, 0.717) is 23.9 Å². The second kappa shape index (κ2) is 6.44. The normalized spacial score (nSPS) is 20.5. The molecule has 0 radical (unpaired) electrons. The number of aromatic nitrogens is 4. The van der Waals surface area contributed by atoms with Gasteiger partial charge < -0.3 is 11.1 Å². The predicted octanol–water partition coefficient (Wildman–Crippen LogP) is 3.44. The molecule has 0 saturated heterocycles. The molecule has 130 valence electrons. The molecule has 2 aromatic heterocycles. The smallest absolute Gasteiger partial charge is 0.223 e. The van der Waals surface area contributed by atoms with Gasteiger partial charge in [0.1, 0.15) is 0 Å². The molecule has 0 spiro atoms. The number of benzene rings is 1. The maximum absolute atomic E-state index is 5.99. The Balaban J connectivity index is 1.64. The van der Waals surface area contributed by atoms with Crippen molar-refractivity contribution >= 4 is 16.9 Å². The molecule has 0 amide bonds. The van der Waals surface area contributed by atoms with Gasteiger partial charge in [-0.25, -0.2) is 9.97 Å². The van der Waals surface area contributed by atoms with Crippen molar-refractivity contribution in [3.8, 4) is 11.3 Å². The number of H-pyrrole nitrogens is 1. The quantitative estimate of drug-likeness (QED) is 0.679. The van der Waals surface area contributed by atoms with Gasteiger partial charge in [0.25, 0.3) is 0 Å². The SMILES string of the molecule is CC(C)c1[nH]nc2ccc(-c3ccnc(N[C@H]4CC[C@H](N)C4)n3)cc12. The minimum Gasteiger partial charge on any atom is -0.351 e. The van der Waals surface area contributed by atoms with Crippen molar-refractivity contribution in [1.82, 2.24) is 20.2 Å². The van der Waals surface area contributed by atoms with Crippen LogP contribution in [0.25, 0.3) is 22.2 Å². The number of rotatable bonds is 4. The number of anilines is 1. The first-order valence-corrected chi connectivity index (χ1v) is 8.93. The van der Waals surface area contributed by atoms with Crippen LogP contribution < -0.4 is 11.1 Å². The number of hydrogen-bond donors (Lipinski definition) is 3. The molecular weight excluding hydrogens is 312 g/mol. The Hall–Kier alpha value is -2.47. The van der Waals surface area contributed by atoms with E-state index in [9.17, 15) is 0 Å². The summed E-state index contributed by atoms with van der Waals surface area (Å²) >= 11 is 0. The molecule has 0 bridgehead atoms. The highest BCUT2D eigenvalue weighted by molar-refractivity contribution is 5.86. The zero-order valence-electron chi connectivity index (χ0n) is 14.7. The summed E-state index contributed by atoms with van der Waals surface area (Å²) in [5, 5.41) is 12.1. The van der Waals surface area contributed by atoms with Crippen LogP contribution in [-0.2, 0) is 0 Å². The van der Waals surface area contributed by atoms with Crippen LogP contribution in [0, 0.1) is 0 Å². The van der Waals surface area contributed by atoms with Crippen molar-refractivity contribution in [2.45, 2.75) is 51.1 Å². The highest BCUT2D eigenvalue weighted by Gasteiger charge is 2.22. The third-order valence-electron chi connectivity index (χ3n) is 4.92. The Morgan fingerprint density at radius 1 is 1.24 bits per heavy atom. The van der Waals surface area contributed by atoms with Crippen LogP contribution >= 0.6 is 0 Å². The van der Waals surface area contributed by atoms with Crippen molar-refractivity contribution < 1.29 is 0 Å². The number of nitrogens with one attached hydrogen (secondary N) is 2. The van der Waals surface area contributed by atoms with Gasteiger partial charge in [0.2, 0.25) is 5.95 Å². The van der Waals surface area contributed by atoms with Crippen molar-refractivity contribution in [2.75, 3.05) is 5.32 Å². The van der Waals surface area contributed by atoms with Gasteiger partial charge in [-0.2, -0.15) is 5.10 Å². The molecule has 6 heteroatoms. The van der Waals surface area contributed by atoms with Gasteiger partial charge >= 0.3 is 0 Å². The lowest BCUT2D eigenvalue weighted by Gasteiger charge is -2.13. The maximum atomic E-state index is 5.99. The zero-order chi connectivity index (χ0) is 17.4. The van der Waals surface area contributed by atoms with Gasteiger partial charge in [-0.15, -0.1) is 0 Å². The zero-order valence-corrected chi connectivity index (χ0v) is 14.7. The molecule has 1 aromatic carbocycles. The van der Waals surface area contributed by atoms with Crippen LogP contribution in [0.2, 0.25) is 0 Å². The molecule has 4 rings (SSSR count). The third-order valence-corrected chi connectivity index (χ3v) is 4.92. The summed E-state index contributed by atoms with van der Waals surface area (Å²) in [6.45, 7) is 4.33. The first-order valence-electron chi connectivity index (χ1n) is 8.93. The second-order valence-corrected chi connectivity index (χ2v) is 7.20. The van der Waals surface area contributed by atoms with Crippen LogP contribution in [0.5, 0.6) is 0 Å². The molecule has 2 heterocycles. The predicted molar refractivity (Wildman–Crippen MR) is 100 cm³/mol. The van der Waals surface area contributed by atoms with Crippen LogP contribution in [-0.4, -0.2) is 32.2 Å². The molecule has 1 fully saturated rings. The summed E-state index contributed by atoms with van der Waals surface area (Å²) < 4.78 is 0. The number of nitrogens with zero attached hydrogens (tertiary/aromatic N) is 3. The van der Waals surface area contributed by atoms with E-state index in [-0.39, 0.29) is 0 Å². The largest absolute Gasteiger partial charge is 0.351 e. The molecule has 0 unspecified atom stereocenters. The summed E-state index contributed by atoms with van der Waals surface area (Å²) in [7, 11) is 0. The molecule has 0 aliphatic heterocycles. The number of aromatic amines is 1.